The van der Waals surface area contributed by atoms with Gasteiger partial charge in [0, 0.05) is 6.42 Å². The van der Waals surface area contributed by atoms with E-state index in [2.05, 4.69) is 0 Å². The Morgan fingerprint density at radius 3 is 1.57 bits per heavy atom. The molecule has 0 unspecified atom stereocenters. The van der Waals surface area contributed by atoms with Gasteiger partial charge in [0.2, 0.25) is 0 Å². The predicted octanol–water partition coefficient (Wildman–Crippen LogP) is 0.225. The summed E-state index contributed by atoms with van der Waals surface area (Å²) in [6.45, 7) is 1.24. The van der Waals surface area contributed by atoms with Gasteiger partial charge in [0.25, 0.3) is 0 Å². The minimum atomic E-state index is -7.27. The van der Waals surface area contributed by atoms with Crippen LogP contribution in [0.4, 0.5) is 35.1 Å². The zero-order valence-corrected chi connectivity index (χ0v) is 14.7. The summed E-state index contributed by atoms with van der Waals surface area (Å²) < 4.78 is 132. The van der Waals surface area contributed by atoms with Crippen molar-refractivity contribution in [3.05, 3.63) is 0 Å². The monoisotopic (exact) mass is 376 g/mol. The van der Waals surface area contributed by atoms with E-state index >= 15 is 0 Å². The second kappa shape index (κ2) is 7.26. The summed E-state index contributed by atoms with van der Waals surface area (Å²) in [5.74, 6) is -19.4. The summed E-state index contributed by atoms with van der Waals surface area (Å²) >= 11 is 0. The van der Waals surface area contributed by atoms with Crippen molar-refractivity contribution in [3.8, 4) is 0 Å². The van der Waals surface area contributed by atoms with Crippen molar-refractivity contribution in [1.82, 2.24) is 0 Å². The zero-order valence-electron chi connectivity index (χ0n) is 10.8. The number of alkyl halides is 8. The van der Waals surface area contributed by atoms with E-state index in [0.29, 0.717) is 0 Å². The molecule has 0 aliphatic rings. The summed E-state index contributed by atoms with van der Waals surface area (Å²) in [5.41, 5.74) is 0. The van der Waals surface area contributed by atoms with Gasteiger partial charge in [-0.25, -0.2) is 8.42 Å². The first-order valence-electron chi connectivity index (χ1n) is 5.03. The Bertz CT molecular complexity index is 450. The van der Waals surface area contributed by atoms with Crippen molar-refractivity contribution in [2.45, 2.75) is 49.2 Å². The first-order valence-corrected chi connectivity index (χ1v) is 6.43. The van der Waals surface area contributed by atoms with Crippen molar-refractivity contribution in [3.63, 3.8) is 0 Å². The second-order valence-electron chi connectivity index (χ2n) is 3.93. The number of hydrogen-bond donors (Lipinski definition) is 0. The number of unbranched alkanes of at least 4 members (excludes halogenated alkanes) is 1. The summed E-state index contributed by atoms with van der Waals surface area (Å²) in [6.07, 6.45) is -2.71. The molecule has 0 aliphatic heterocycles. The molecule has 0 amide bonds. The standard InChI is InChI=1S/C8H10F8O3S.K/c1-2-3-4-5(9,10)6(11,12)7(13,14)8(15,16)20(17,18)19;/h2-4H2,1H3,(H,17,18,19);/q;+1/p-1. The molecular formula is C8H9F8KO3S. The van der Waals surface area contributed by atoms with Crippen LogP contribution in [0.1, 0.15) is 26.2 Å². The van der Waals surface area contributed by atoms with Gasteiger partial charge >= 0.3 is 74.4 Å². The topological polar surface area (TPSA) is 57.2 Å². The fourth-order valence-corrected chi connectivity index (χ4v) is 1.57. The van der Waals surface area contributed by atoms with Crippen LogP contribution in [0.3, 0.4) is 0 Å². The third-order valence-corrected chi connectivity index (χ3v) is 3.26. The minimum Gasteiger partial charge on any atom is -0.743 e. The summed E-state index contributed by atoms with van der Waals surface area (Å²) in [6, 6.07) is 0. The Morgan fingerprint density at radius 2 is 1.29 bits per heavy atom. The Hall–Kier alpha value is 0.986. The molecule has 0 heterocycles. The van der Waals surface area contributed by atoms with Gasteiger partial charge in [-0.05, 0) is 6.42 Å². The zero-order chi connectivity index (χ0) is 16.6. The average Bonchev–Trinajstić information content (AvgIpc) is 2.24. The molecule has 0 aromatic rings. The number of hydrogen-bond acceptors (Lipinski definition) is 3. The van der Waals surface area contributed by atoms with Gasteiger partial charge in [0.05, 0.1) is 0 Å². The van der Waals surface area contributed by atoms with E-state index in [1.807, 2.05) is 0 Å². The fourth-order valence-electron chi connectivity index (χ4n) is 1.13. The van der Waals surface area contributed by atoms with E-state index in [9.17, 15) is 48.1 Å². The summed E-state index contributed by atoms with van der Waals surface area (Å²) in [4.78, 5) is 0. The SMILES string of the molecule is CCCCC(F)(F)C(F)(F)C(F)(F)C(F)(F)S(=O)(=O)[O-].[K+]. The van der Waals surface area contributed by atoms with Gasteiger partial charge < -0.3 is 4.55 Å². The molecule has 3 nitrogen and oxygen atoms in total. The molecule has 0 rings (SSSR count). The minimum absolute atomic E-state index is 0. The molecule has 0 fully saturated rings. The van der Waals surface area contributed by atoms with Crippen LogP contribution in [0, 0.1) is 0 Å². The first kappa shape index (κ1) is 24.2. The van der Waals surface area contributed by atoms with Gasteiger partial charge in [-0.15, -0.1) is 0 Å². The van der Waals surface area contributed by atoms with E-state index in [4.69, 9.17) is 0 Å². The molecule has 0 bridgehead atoms. The van der Waals surface area contributed by atoms with Gasteiger partial charge in [0.1, 0.15) is 0 Å². The first-order chi connectivity index (χ1) is 8.56. The molecule has 0 aromatic heterocycles. The van der Waals surface area contributed by atoms with Crippen LogP contribution in [-0.4, -0.2) is 36.0 Å². The average molecular weight is 376 g/mol. The van der Waals surface area contributed by atoms with Crippen LogP contribution in [0.5, 0.6) is 0 Å². The molecule has 0 saturated heterocycles. The predicted molar refractivity (Wildman–Crippen MR) is 49.0 cm³/mol. The van der Waals surface area contributed by atoms with Crippen LogP contribution >= 0.6 is 0 Å². The summed E-state index contributed by atoms with van der Waals surface area (Å²) in [5, 5.41) is -6.88. The van der Waals surface area contributed by atoms with Gasteiger partial charge in [-0.2, -0.15) is 35.1 Å². The second-order valence-corrected chi connectivity index (χ2v) is 5.35. The van der Waals surface area contributed by atoms with Crippen LogP contribution in [0.15, 0.2) is 0 Å². The van der Waals surface area contributed by atoms with Crippen molar-refractivity contribution in [2.75, 3.05) is 0 Å². The van der Waals surface area contributed by atoms with Gasteiger partial charge in [0.15, 0.2) is 10.1 Å². The molecule has 0 N–H and O–H groups in total. The molecular weight excluding hydrogens is 367 g/mol. The molecule has 0 aromatic carbocycles. The fraction of sp³-hybridized carbons (Fsp3) is 1.00. The third-order valence-electron chi connectivity index (χ3n) is 2.38. The molecule has 0 aliphatic carbocycles. The van der Waals surface area contributed by atoms with Crippen molar-refractivity contribution in [2.24, 2.45) is 0 Å². The van der Waals surface area contributed by atoms with E-state index < -0.39 is 46.0 Å². The molecule has 21 heavy (non-hydrogen) atoms. The molecule has 0 atom stereocenters. The number of rotatable bonds is 7. The largest absolute Gasteiger partial charge is 1.00 e. The number of halogens is 8. The van der Waals surface area contributed by atoms with Gasteiger partial charge in [-0.1, -0.05) is 13.3 Å². The maximum absolute atomic E-state index is 12.9. The Labute approximate surface area is 157 Å². The van der Waals surface area contributed by atoms with E-state index in [1.54, 1.807) is 0 Å². The Morgan fingerprint density at radius 1 is 0.905 bits per heavy atom. The Kier molecular flexibility index (Phi) is 8.38. The van der Waals surface area contributed by atoms with E-state index in [-0.39, 0.29) is 57.8 Å². The van der Waals surface area contributed by atoms with E-state index in [1.165, 1.54) is 6.92 Å². The third kappa shape index (κ3) is 4.29. The molecule has 122 valence electrons. The van der Waals surface area contributed by atoms with Crippen LogP contribution in [0.2, 0.25) is 0 Å². The van der Waals surface area contributed by atoms with Crippen molar-refractivity contribution < 1.29 is 99.5 Å². The van der Waals surface area contributed by atoms with Crippen LogP contribution in [0.25, 0.3) is 0 Å². The maximum Gasteiger partial charge on any atom is 1.00 e. The smallest absolute Gasteiger partial charge is 0.743 e. The molecule has 13 heteroatoms. The maximum atomic E-state index is 12.9. The van der Waals surface area contributed by atoms with Gasteiger partial charge in [-0.3, -0.25) is 0 Å². The normalized spacial score (nSPS) is 14.8. The molecule has 0 radical (unpaired) electrons. The van der Waals surface area contributed by atoms with Crippen LogP contribution < -0.4 is 51.4 Å². The van der Waals surface area contributed by atoms with E-state index in [0.717, 1.165) is 0 Å². The molecule has 0 saturated carbocycles. The molecule has 0 spiro atoms. The quantitative estimate of drug-likeness (QED) is 0.363. The van der Waals surface area contributed by atoms with Crippen molar-refractivity contribution >= 4 is 10.1 Å². The van der Waals surface area contributed by atoms with Crippen molar-refractivity contribution in [1.29, 1.82) is 0 Å². The Balaban J connectivity index is 0. The summed E-state index contributed by atoms with van der Waals surface area (Å²) in [7, 11) is -7.27. The van der Waals surface area contributed by atoms with Crippen LogP contribution in [-0.2, 0) is 10.1 Å².